The van der Waals surface area contributed by atoms with Crippen molar-refractivity contribution in [2.45, 2.75) is 277 Å². The minimum absolute atomic E-state index is 0.0343. The molecule has 10 heteroatoms. The second-order valence-corrected chi connectivity index (χ2v) is 23.0. The summed E-state index contributed by atoms with van der Waals surface area (Å²) in [4.78, 5) is 37.6. The number of unbranched alkanes of at least 4 members (excludes halogenated alkanes) is 29. The highest BCUT2D eigenvalue weighted by Crippen LogP contribution is 2.43. The average Bonchev–Trinajstić information content (AvgIpc) is 3.35. The lowest BCUT2D eigenvalue weighted by Gasteiger charge is -2.27. The molecule has 3 atom stereocenters. The van der Waals surface area contributed by atoms with E-state index in [4.69, 9.17) is 13.8 Å². The largest absolute Gasteiger partial charge is 0.472 e. The van der Waals surface area contributed by atoms with Crippen molar-refractivity contribution in [3.8, 4) is 0 Å². The first kappa shape index (κ1) is 70.5. The van der Waals surface area contributed by atoms with Gasteiger partial charge < -0.3 is 19.4 Å². The maximum Gasteiger partial charge on any atom is 0.472 e. The Balaban J connectivity index is 5.25. The topological polar surface area (TPSA) is 111 Å². The fourth-order valence-electron chi connectivity index (χ4n) is 8.41. The van der Waals surface area contributed by atoms with Gasteiger partial charge in [-0.1, -0.05) is 229 Å². The number of carbonyl (C=O) groups is 2. The third-order valence-corrected chi connectivity index (χ3v) is 14.1. The third-order valence-electron chi connectivity index (χ3n) is 13.1. The molecule has 0 heterocycles. The van der Waals surface area contributed by atoms with Gasteiger partial charge in [-0.15, -0.1) is 0 Å². The standard InChI is InChI=1S/C63H115N2O7P/c1-7-10-13-16-19-22-25-27-29-30-31-32-33-34-36-37-40-43-46-49-52-55-62(66)64-60(59-71-73(68,69)70-58-57-65(4,5)6)61(54-51-48-45-42-39-24-21-18-15-12-9-3)72-63(67)56-53-50-47-44-41-38-35-28-26-23-20-17-14-11-8-2/h19-20,22-23,26-29,31-32,51,54,60-61H,7-18,21,24-25,30,33-50,52-53,55-59H2,1-6H3,(H-,64,66,68,69)/p+1/b22-19-,23-20+,28-26+,29-27-,32-31-,54-51-. The second-order valence-electron chi connectivity index (χ2n) is 21.5. The van der Waals surface area contributed by atoms with Crippen molar-refractivity contribution < 1.29 is 37.3 Å². The summed E-state index contributed by atoms with van der Waals surface area (Å²) < 4.78 is 30.6. The second kappa shape index (κ2) is 52.9. The molecule has 0 rings (SSSR count). The number of rotatable bonds is 54. The molecule has 424 valence electrons. The van der Waals surface area contributed by atoms with Crippen molar-refractivity contribution >= 4 is 19.7 Å². The molecular weight excluding hydrogens is 928 g/mol. The number of amides is 1. The summed E-state index contributed by atoms with van der Waals surface area (Å²) in [6.45, 7) is 6.94. The lowest BCUT2D eigenvalue weighted by molar-refractivity contribution is -0.870. The Kier molecular flexibility index (Phi) is 51.0. The Bertz CT molecular complexity index is 1480. The van der Waals surface area contributed by atoms with Crippen LogP contribution in [0.5, 0.6) is 0 Å². The summed E-state index contributed by atoms with van der Waals surface area (Å²) in [5, 5.41) is 3.05. The van der Waals surface area contributed by atoms with Crippen LogP contribution >= 0.6 is 7.82 Å². The number of nitrogens with one attached hydrogen (secondary N) is 1. The number of likely N-dealkylation sites (N-methyl/N-ethyl adjacent to an activating group) is 1. The Labute approximate surface area is 451 Å². The lowest BCUT2D eigenvalue weighted by Crippen LogP contribution is -2.47. The number of esters is 1. The number of hydrogen-bond acceptors (Lipinski definition) is 6. The van der Waals surface area contributed by atoms with E-state index in [1.165, 1.54) is 128 Å². The predicted molar refractivity (Wildman–Crippen MR) is 314 cm³/mol. The molecule has 0 aliphatic heterocycles. The molecule has 9 nitrogen and oxygen atoms in total. The average molecular weight is 1040 g/mol. The first-order valence-electron chi connectivity index (χ1n) is 30.3. The Morgan fingerprint density at radius 2 is 0.877 bits per heavy atom. The summed E-state index contributed by atoms with van der Waals surface area (Å²) in [6.07, 6.45) is 67.5. The van der Waals surface area contributed by atoms with E-state index in [9.17, 15) is 19.0 Å². The van der Waals surface area contributed by atoms with E-state index in [2.05, 4.69) is 86.8 Å². The highest BCUT2D eigenvalue weighted by atomic mass is 31.2. The van der Waals surface area contributed by atoms with Gasteiger partial charge in [0, 0.05) is 12.8 Å². The van der Waals surface area contributed by atoms with Crippen LogP contribution in [0.15, 0.2) is 72.9 Å². The molecule has 2 N–H and O–H groups in total. The van der Waals surface area contributed by atoms with Gasteiger partial charge in [0.05, 0.1) is 33.8 Å². The number of nitrogens with zero attached hydrogens (tertiary/aromatic N) is 1. The molecule has 0 bridgehead atoms. The zero-order valence-corrected chi connectivity index (χ0v) is 49.3. The van der Waals surface area contributed by atoms with Crippen molar-refractivity contribution in [3.63, 3.8) is 0 Å². The lowest BCUT2D eigenvalue weighted by atomic mass is 10.0. The van der Waals surface area contributed by atoms with Gasteiger partial charge in [-0.05, 0) is 96.0 Å². The smallest absolute Gasteiger partial charge is 0.456 e. The molecule has 73 heavy (non-hydrogen) atoms. The van der Waals surface area contributed by atoms with Gasteiger partial charge in [-0.3, -0.25) is 18.6 Å². The Morgan fingerprint density at radius 1 is 0.493 bits per heavy atom. The van der Waals surface area contributed by atoms with Gasteiger partial charge in [0.25, 0.3) is 0 Å². The zero-order valence-electron chi connectivity index (χ0n) is 48.4. The summed E-state index contributed by atoms with van der Waals surface area (Å²) >= 11 is 0. The van der Waals surface area contributed by atoms with Crippen molar-refractivity contribution in [3.05, 3.63) is 72.9 Å². The van der Waals surface area contributed by atoms with Gasteiger partial charge in [0.1, 0.15) is 19.3 Å². The van der Waals surface area contributed by atoms with Gasteiger partial charge in [-0.25, -0.2) is 4.57 Å². The minimum atomic E-state index is -4.45. The summed E-state index contributed by atoms with van der Waals surface area (Å²) in [5.74, 6) is -0.527. The maximum atomic E-state index is 13.5. The number of ether oxygens (including phenoxy) is 1. The number of phosphoric acid groups is 1. The van der Waals surface area contributed by atoms with Crippen LogP contribution in [0.2, 0.25) is 0 Å². The van der Waals surface area contributed by atoms with Crippen LogP contribution in [0.1, 0.15) is 265 Å². The Hall–Kier alpha value is -2.55. The number of hydrogen-bond donors (Lipinski definition) is 2. The van der Waals surface area contributed by atoms with Crippen LogP contribution in [0.3, 0.4) is 0 Å². The molecular formula is C63H116N2O7P+. The first-order valence-corrected chi connectivity index (χ1v) is 31.8. The van der Waals surface area contributed by atoms with E-state index in [0.29, 0.717) is 17.4 Å². The molecule has 0 aromatic rings. The van der Waals surface area contributed by atoms with Crippen molar-refractivity contribution in [2.75, 3.05) is 40.9 Å². The van der Waals surface area contributed by atoms with Gasteiger partial charge >= 0.3 is 13.8 Å². The number of phosphoric ester groups is 1. The van der Waals surface area contributed by atoms with Gasteiger partial charge in [-0.2, -0.15) is 0 Å². The Morgan fingerprint density at radius 3 is 1.36 bits per heavy atom. The minimum Gasteiger partial charge on any atom is -0.456 e. The molecule has 0 saturated heterocycles. The fourth-order valence-corrected chi connectivity index (χ4v) is 9.14. The van der Waals surface area contributed by atoms with Gasteiger partial charge in [0.2, 0.25) is 5.91 Å². The number of allylic oxidation sites excluding steroid dienone is 11. The predicted octanol–water partition coefficient (Wildman–Crippen LogP) is 18.4. The molecule has 0 saturated carbocycles. The van der Waals surface area contributed by atoms with E-state index in [-0.39, 0.29) is 31.5 Å². The molecule has 0 radical (unpaired) electrons. The summed E-state index contributed by atoms with van der Waals surface area (Å²) in [6, 6.07) is -0.859. The maximum absolute atomic E-state index is 13.5. The zero-order chi connectivity index (χ0) is 53.6. The van der Waals surface area contributed by atoms with Crippen LogP contribution < -0.4 is 5.32 Å². The van der Waals surface area contributed by atoms with Crippen LogP contribution in [0.25, 0.3) is 0 Å². The van der Waals surface area contributed by atoms with Crippen molar-refractivity contribution in [1.29, 1.82) is 0 Å². The fraction of sp³-hybridized carbons (Fsp3) is 0.778. The highest BCUT2D eigenvalue weighted by Gasteiger charge is 2.30. The highest BCUT2D eigenvalue weighted by molar-refractivity contribution is 7.47. The van der Waals surface area contributed by atoms with Crippen LogP contribution in [0.4, 0.5) is 0 Å². The van der Waals surface area contributed by atoms with E-state index in [1.807, 2.05) is 33.3 Å². The van der Waals surface area contributed by atoms with Crippen molar-refractivity contribution in [2.24, 2.45) is 0 Å². The molecule has 0 spiro atoms. The molecule has 0 aliphatic rings. The van der Waals surface area contributed by atoms with Crippen LogP contribution in [-0.2, 0) is 27.9 Å². The molecule has 0 aliphatic carbocycles. The first-order chi connectivity index (χ1) is 35.4. The molecule has 0 fully saturated rings. The van der Waals surface area contributed by atoms with E-state index in [1.54, 1.807) is 0 Å². The summed E-state index contributed by atoms with van der Waals surface area (Å²) in [7, 11) is 1.48. The SMILES string of the molecule is CCCCC/C=C\C/C=C\C/C=C\CCCCCCCCCCC(=O)NC(COP(=O)(O)OCC[N+](C)(C)C)C(/C=C\CCCCCCCCCCC)OC(=O)CCCCCCCC/C=C/C=C/CCCCC. The number of quaternary nitrogens is 1. The van der Waals surface area contributed by atoms with E-state index < -0.39 is 20.0 Å². The molecule has 0 aromatic heterocycles. The summed E-state index contributed by atoms with van der Waals surface area (Å²) in [5.41, 5.74) is 0. The van der Waals surface area contributed by atoms with E-state index >= 15 is 0 Å². The molecule has 0 aromatic carbocycles. The van der Waals surface area contributed by atoms with E-state index in [0.717, 1.165) is 103 Å². The molecule has 3 unspecified atom stereocenters. The molecule has 1 amide bonds. The van der Waals surface area contributed by atoms with Crippen LogP contribution in [-0.4, -0.2) is 74.3 Å². The van der Waals surface area contributed by atoms with Crippen LogP contribution in [0, 0.1) is 0 Å². The van der Waals surface area contributed by atoms with Gasteiger partial charge in [0.15, 0.2) is 0 Å². The third kappa shape index (κ3) is 54.1. The monoisotopic (exact) mass is 1040 g/mol. The normalized spacial score (nSPS) is 14.2. The quantitative estimate of drug-likeness (QED) is 0.0156. The number of carbonyl (C=O) groups excluding carboxylic acids is 2. The van der Waals surface area contributed by atoms with Crippen molar-refractivity contribution in [1.82, 2.24) is 5.32 Å².